The van der Waals surface area contributed by atoms with Gasteiger partial charge in [0.25, 0.3) is 0 Å². The number of carboxylic acids is 1. The molecule has 0 aliphatic carbocycles. The van der Waals surface area contributed by atoms with Crippen LogP contribution in [-0.2, 0) is 6.54 Å². The summed E-state index contributed by atoms with van der Waals surface area (Å²) in [6.45, 7) is 5.62. The Kier molecular flexibility index (Phi) is 4.61. The Morgan fingerprint density at radius 1 is 1.63 bits per heavy atom. The monoisotopic (exact) mass is 266 g/mol. The third kappa shape index (κ3) is 3.81. The summed E-state index contributed by atoms with van der Waals surface area (Å²) in [6, 6.07) is 1.80. The van der Waals surface area contributed by atoms with Gasteiger partial charge >= 0.3 is 5.97 Å². The van der Waals surface area contributed by atoms with Crippen LogP contribution in [0.25, 0.3) is 0 Å². The van der Waals surface area contributed by atoms with Gasteiger partial charge in [-0.2, -0.15) is 0 Å². The number of likely N-dealkylation sites (tertiary alicyclic amines) is 1. The molecule has 2 heterocycles. The quantitative estimate of drug-likeness (QED) is 0.849. The molecule has 0 saturated carbocycles. The molecule has 0 spiro atoms. The van der Waals surface area contributed by atoms with Gasteiger partial charge in [-0.3, -0.25) is 0 Å². The topological polar surface area (TPSA) is 65.7 Å². The lowest BCUT2D eigenvalue weighted by molar-refractivity contribution is 0.0659. The summed E-state index contributed by atoms with van der Waals surface area (Å²) in [5, 5.41) is 12.3. The van der Waals surface area contributed by atoms with E-state index >= 15 is 0 Å². The molecule has 5 nitrogen and oxygen atoms in total. The fourth-order valence-corrected chi connectivity index (χ4v) is 2.69. The van der Waals surface area contributed by atoms with E-state index in [9.17, 15) is 4.79 Å². The molecule has 1 unspecified atom stereocenters. The maximum absolute atomic E-state index is 10.9. The minimum Gasteiger partial charge on any atom is -0.475 e. The molecule has 0 bridgehead atoms. The highest BCUT2D eigenvalue weighted by atomic mass is 16.4. The average molecular weight is 266 g/mol. The molecule has 1 aliphatic rings. The number of carbonyl (C=O) groups is 1. The maximum atomic E-state index is 10.9. The molecule has 1 aromatic rings. The van der Waals surface area contributed by atoms with E-state index in [1.54, 1.807) is 13.0 Å². The minimum atomic E-state index is -1.00. The second kappa shape index (κ2) is 6.21. The van der Waals surface area contributed by atoms with E-state index in [4.69, 9.17) is 9.52 Å². The largest absolute Gasteiger partial charge is 0.475 e. The number of aryl methyl sites for hydroxylation is 1. The van der Waals surface area contributed by atoms with Gasteiger partial charge in [-0.25, -0.2) is 4.79 Å². The lowest BCUT2D eigenvalue weighted by Gasteiger charge is -2.29. The number of rotatable bonds is 5. The first kappa shape index (κ1) is 14.1. The van der Waals surface area contributed by atoms with Crippen LogP contribution in [0.2, 0.25) is 0 Å². The van der Waals surface area contributed by atoms with E-state index in [-0.39, 0.29) is 5.76 Å². The van der Waals surface area contributed by atoms with Crippen LogP contribution in [0.3, 0.4) is 0 Å². The molecule has 19 heavy (non-hydrogen) atoms. The van der Waals surface area contributed by atoms with Crippen molar-refractivity contribution < 1.29 is 14.3 Å². The van der Waals surface area contributed by atoms with Gasteiger partial charge in [0, 0.05) is 12.1 Å². The van der Waals surface area contributed by atoms with Crippen LogP contribution in [0.5, 0.6) is 0 Å². The Morgan fingerprint density at radius 2 is 2.42 bits per heavy atom. The van der Waals surface area contributed by atoms with E-state index in [2.05, 4.69) is 17.3 Å². The highest BCUT2D eigenvalue weighted by Gasteiger charge is 2.17. The van der Waals surface area contributed by atoms with Gasteiger partial charge < -0.3 is 19.7 Å². The van der Waals surface area contributed by atoms with Crippen molar-refractivity contribution in [3.63, 3.8) is 0 Å². The first-order valence-electron chi connectivity index (χ1n) is 6.78. The molecule has 1 aromatic heterocycles. The Balaban J connectivity index is 1.79. The van der Waals surface area contributed by atoms with Gasteiger partial charge in [0.2, 0.25) is 5.76 Å². The summed E-state index contributed by atoms with van der Waals surface area (Å²) in [5.74, 6) is 0.416. The van der Waals surface area contributed by atoms with E-state index in [0.717, 1.165) is 13.1 Å². The molecule has 1 saturated heterocycles. The third-order valence-corrected chi connectivity index (χ3v) is 3.62. The summed E-state index contributed by atoms with van der Waals surface area (Å²) < 4.78 is 5.31. The van der Waals surface area contributed by atoms with E-state index in [1.165, 1.54) is 19.4 Å². The zero-order valence-corrected chi connectivity index (χ0v) is 11.6. The first-order chi connectivity index (χ1) is 9.06. The first-order valence-corrected chi connectivity index (χ1v) is 6.78. The minimum absolute atomic E-state index is 0.0502. The smallest absolute Gasteiger partial charge is 0.372 e. The summed E-state index contributed by atoms with van der Waals surface area (Å²) >= 11 is 0. The predicted octanol–water partition coefficient (Wildman–Crippen LogP) is 1.72. The molecule has 5 heteroatoms. The lowest BCUT2D eigenvalue weighted by atomic mass is 9.98. The number of aromatic carboxylic acids is 1. The molecule has 0 radical (unpaired) electrons. The van der Waals surface area contributed by atoms with Crippen molar-refractivity contribution in [1.29, 1.82) is 0 Å². The normalized spacial score (nSPS) is 20.6. The summed E-state index contributed by atoms with van der Waals surface area (Å²) in [7, 11) is 2.15. The van der Waals surface area contributed by atoms with Gasteiger partial charge in [-0.1, -0.05) is 0 Å². The predicted molar refractivity (Wildman–Crippen MR) is 72.3 cm³/mol. The van der Waals surface area contributed by atoms with Crippen LogP contribution in [0.4, 0.5) is 0 Å². The molecule has 0 aromatic carbocycles. The van der Waals surface area contributed by atoms with E-state index < -0.39 is 5.97 Å². The summed E-state index contributed by atoms with van der Waals surface area (Å²) in [4.78, 5) is 13.2. The summed E-state index contributed by atoms with van der Waals surface area (Å²) in [6.07, 6.45) is 2.51. The van der Waals surface area contributed by atoms with Crippen LogP contribution >= 0.6 is 0 Å². The van der Waals surface area contributed by atoms with Crippen molar-refractivity contribution in [2.75, 3.05) is 26.7 Å². The second-order valence-corrected chi connectivity index (χ2v) is 5.43. The van der Waals surface area contributed by atoms with Crippen LogP contribution in [0.1, 0.15) is 34.7 Å². The van der Waals surface area contributed by atoms with E-state index in [1.807, 2.05) is 0 Å². The molecule has 1 atom stereocenters. The van der Waals surface area contributed by atoms with Crippen molar-refractivity contribution in [2.45, 2.75) is 26.3 Å². The Hall–Kier alpha value is -1.33. The second-order valence-electron chi connectivity index (χ2n) is 5.43. The SMILES string of the molecule is Cc1cc(CNCC2CCCN(C)C2)oc1C(=O)O. The number of carboxylic acid groups (broad SMARTS) is 1. The zero-order valence-electron chi connectivity index (χ0n) is 11.6. The fourth-order valence-electron chi connectivity index (χ4n) is 2.69. The number of piperidine rings is 1. The Bertz CT molecular complexity index is 442. The van der Waals surface area contributed by atoms with E-state index in [0.29, 0.717) is 23.8 Å². The molecule has 2 N–H and O–H groups in total. The van der Waals surface area contributed by atoms with Crippen LogP contribution in [0.15, 0.2) is 10.5 Å². The maximum Gasteiger partial charge on any atom is 0.372 e. The van der Waals surface area contributed by atoms with Crippen LogP contribution < -0.4 is 5.32 Å². The summed E-state index contributed by atoms with van der Waals surface area (Å²) in [5.41, 5.74) is 0.682. The molecule has 2 rings (SSSR count). The molecule has 0 amide bonds. The lowest BCUT2D eigenvalue weighted by Crippen LogP contribution is -2.37. The molecule has 1 aliphatic heterocycles. The molecular formula is C14H22N2O3. The van der Waals surface area contributed by atoms with Gasteiger partial charge in [0.05, 0.1) is 6.54 Å². The number of nitrogens with zero attached hydrogens (tertiary/aromatic N) is 1. The number of furan rings is 1. The van der Waals surface area contributed by atoms with Crippen LogP contribution in [-0.4, -0.2) is 42.7 Å². The zero-order chi connectivity index (χ0) is 13.8. The third-order valence-electron chi connectivity index (χ3n) is 3.62. The van der Waals surface area contributed by atoms with Gasteiger partial charge in [0.15, 0.2) is 0 Å². The van der Waals surface area contributed by atoms with Crippen molar-refractivity contribution >= 4 is 5.97 Å². The highest BCUT2D eigenvalue weighted by Crippen LogP contribution is 2.16. The molecule has 1 fully saturated rings. The molecular weight excluding hydrogens is 244 g/mol. The average Bonchev–Trinajstić information content (AvgIpc) is 2.71. The number of nitrogens with one attached hydrogen (secondary N) is 1. The van der Waals surface area contributed by atoms with Gasteiger partial charge in [0.1, 0.15) is 5.76 Å². The van der Waals surface area contributed by atoms with Crippen molar-refractivity contribution in [1.82, 2.24) is 10.2 Å². The van der Waals surface area contributed by atoms with Gasteiger partial charge in [-0.05, 0) is 51.9 Å². The van der Waals surface area contributed by atoms with Crippen molar-refractivity contribution in [3.05, 3.63) is 23.2 Å². The number of hydrogen-bond acceptors (Lipinski definition) is 4. The van der Waals surface area contributed by atoms with Crippen molar-refractivity contribution in [3.8, 4) is 0 Å². The molecule has 106 valence electrons. The standard InChI is InChI=1S/C14H22N2O3/c1-10-6-12(19-13(10)14(17)18)8-15-7-11-4-3-5-16(2)9-11/h6,11,15H,3-5,7-9H2,1-2H3,(H,17,18). The Morgan fingerprint density at radius 3 is 3.05 bits per heavy atom. The van der Waals surface area contributed by atoms with Crippen molar-refractivity contribution in [2.24, 2.45) is 5.92 Å². The van der Waals surface area contributed by atoms with Gasteiger partial charge in [-0.15, -0.1) is 0 Å². The Labute approximate surface area is 113 Å². The number of hydrogen-bond donors (Lipinski definition) is 2. The highest BCUT2D eigenvalue weighted by molar-refractivity contribution is 5.86. The van der Waals surface area contributed by atoms with Crippen LogP contribution in [0, 0.1) is 12.8 Å². The fraction of sp³-hybridized carbons (Fsp3) is 0.643.